The van der Waals surface area contributed by atoms with Gasteiger partial charge in [-0.3, -0.25) is 29.1 Å². The maximum atomic E-state index is 13.1. The second kappa shape index (κ2) is 9.48. The second-order valence-electron chi connectivity index (χ2n) is 9.92. The van der Waals surface area contributed by atoms with Gasteiger partial charge < -0.3 is 4.90 Å². The van der Waals surface area contributed by atoms with Gasteiger partial charge in [0.25, 0.3) is 11.8 Å². The van der Waals surface area contributed by atoms with Crippen LogP contribution in [-0.2, 0) is 17.8 Å². The minimum absolute atomic E-state index is 0.190. The van der Waals surface area contributed by atoms with E-state index in [4.69, 9.17) is 0 Å². The third-order valence-electron chi connectivity index (χ3n) is 7.80. The summed E-state index contributed by atoms with van der Waals surface area (Å²) >= 11 is 0. The van der Waals surface area contributed by atoms with E-state index in [-0.39, 0.29) is 17.7 Å². The first-order chi connectivity index (χ1) is 17.6. The Kier molecular flexibility index (Phi) is 6.03. The summed E-state index contributed by atoms with van der Waals surface area (Å²) in [5, 5.41) is 1.69. The van der Waals surface area contributed by atoms with Gasteiger partial charge in [0, 0.05) is 68.9 Å². The molecular weight excluding hydrogens is 452 g/mol. The van der Waals surface area contributed by atoms with Gasteiger partial charge in [-0.15, -0.1) is 0 Å². The lowest BCUT2D eigenvalue weighted by Gasteiger charge is -2.37. The summed E-state index contributed by atoms with van der Waals surface area (Å²) in [4.78, 5) is 47.0. The van der Waals surface area contributed by atoms with Crippen LogP contribution in [0, 0.1) is 0 Å². The molecule has 7 nitrogen and oxygen atoms in total. The van der Waals surface area contributed by atoms with E-state index >= 15 is 0 Å². The number of imide groups is 1. The van der Waals surface area contributed by atoms with Gasteiger partial charge in [-0.1, -0.05) is 48.5 Å². The van der Waals surface area contributed by atoms with Crippen molar-refractivity contribution in [3.63, 3.8) is 0 Å². The lowest BCUT2D eigenvalue weighted by Crippen LogP contribution is -2.52. The third-order valence-corrected chi connectivity index (χ3v) is 7.80. The lowest BCUT2D eigenvalue weighted by atomic mass is 9.94. The van der Waals surface area contributed by atoms with Gasteiger partial charge in [-0.05, 0) is 35.1 Å². The highest BCUT2D eigenvalue weighted by Gasteiger charge is 2.33. The van der Waals surface area contributed by atoms with Crippen molar-refractivity contribution < 1.29 is 14.4 Å². The molecule has 1 fully saturated rings. The van der Waals surface area contributed by atoms with E-state index in [1.807, 2.05) is 47.4 Å². The molecule has 3 aromatic rings. The van der Waals surface area contributed by atoms with Gasteiger partial charge in [-0.25, -0.2) is 0 Å². The standard InChI is InChI=1S/C29H30N4O3/c34-26(32-12-11-21-5-1-2-6-23(21)19-32)20-31-15-13-30(14-16-31)17-18-33-28(35)24-9-3-7-22-8-4-10-25(27(22)24)29(33)36/h1-10H,11-20H2. The molecule has 3 heterocycles. The van der Waals surface area contributed by atoms with Crippen LogP contribution in [0.4, 0.5) is 0 Å². The Morgan fingerprint density at radius 2 is 1.33 bits per heavy atom. The van der Waals surface area contributed by atoms with Crippen molar-refractivity contribution in [2.75, 3.05) is 52.4 Å². The zero-order valence-electron chi connectivity index (χ0n) is 20.4. The van der Waals surface area contributed by atoms with Crippen LogP contribution < -0.4 is 0 Å². The maximum Gasteiger partial charge on any atom is 0.261 e. The van der Waals surface area contributed by atoms with E-state index in [9.17, 15) is 14.4 Å². The molecule has 0 radical (unpaired) electrons. The highest BCUT2D eigenvalue weighted by Crippen LogP contribution is 2.29. The smallest absolute Gasteiger partial charge is 0.261 e. The molecule has 6 rings (SSSR count). The van der Waals surface area contributed by atoms with E-state index in [1.165, 1.54) is 16.0 Å². The Hall–Kier alpha value is -3.55. The highest BCUT2D eigenvalue weighted by atomic mass is 16.2. The molecule has 3 aromatic carbocycles. The molecule has 0 saturated carbocycles. The third kappa shape index (κ3) is 4.18. The summed E-state index contributed by atoms with van der Waals surface area (Å²) in [6.45, 7) is 6.18. The summed E-state index contributed by atoms with van der Waals surface area (Å²) in [6.07, 6.45) is 0.919. The minimum Gasteiger partial charge on any atom is -0.337 e. The van der Waals surface area contributed by atoms with Gasteiger partial charge in [0.05, 0.1) is 6.54 Å². The van der Waals surface area contributed by atoms with Crippen molar-refractivity contribution in [3.05, 3.63) is 82.9 Å². The Labute approximate surface area is 210 Å². The number of carbonyl (C=O) groups is 3. The first-order valence-electron chi connectivity index (χ1n) is 12.8. The molecule has 0 spiro atoms. The Morgan fingerprint density at radius 3 is 2.03 bits per heavy atom. The van der Waals surface area contributed by atoms with Crippen molar-refractivity contribution in [2.24, 2.45) is 0 Å². The quantitative estimate of drug-likeness (QED) is 0.524. The topological polar surface area (TPSA) is 64.2 Å². The number of amides is 3. The van der Waals surface area contributed by atoms with E-state index in [2.05, 4.69) is 28.0 Å². The molecule has 36 heavy (non-hydrogen) atoms. The average Bonchev–Trinajstić information content (AvgIpc) is 2.92. The minimum atomic E-state index is -0.211. The van der Waals surface area contributed by atoms with Crippen LogP contribution in [0.15, 0.2) is 60.7 Å². The molecule has 3 amide bonds. The first kappa shape index (κ1) is 22.9. The summed E-state index contributed by atoms with van der Waals surface area (Å²) < 4.78 is 0. The van der Waals surface area contributed by atoms with E-state index in [0.717, 1.165) is 49.9 Å². The fraction of sp³-hybridized carbons (Fsp3) is 0.345. The van der Waals surface area contributed by atoms with Crippen LogP contribution in [0.5, 0.6) is 0 Å². The largest absolute Gasteiger partial charge is 0.337 e. The Bertz CT molecular complexity index is 1290. The molecular formula is C29H30N4O3. The molecule has 3 aliphatic heterocycles. The summed E-state index contributed by atoms with van der Waals surface area (Å²) in [6, 6.07) is 19.6. The van der Waals surface area contributed by atoms with Crippen molar-refractivity contribution in [2.45, 2.75) is 13.0 Å². The number of fused-ring (bicyclic) bond motifs is 1. The molecule has 0 bridgehead atoms. The zero-order chi connectivity index (χ0) is 24.6. The molecule has 7 heteroatoms. The van der Waals surface area contributed by atoms with Crippen molar-refractivity contribution in [1.82, 2.24) is 19.6 Å². The number of nitrogens with zero attached hydrogens (tertiary/aromatic N) is 4. The summed E-state index contributed by atoms with van der Waals surface area (Å²) in [7, 11) is 0. The lowest BCUT2D eigenvalue weighted by molar-refractivity contribution is -0.133. The van der Waals surface area contributed by atoms with Crippen molar-refractivity contribution in [3.8, 4) is 0 Å². The molecule has 184 valence electrons. The number of rotatable bonds is 5. The molecule has 1 saturated heterocycles. The number of benzene rings is 3. The number of carbonyl (C=O) groups excluding carboxylic acids is 3. The van der Waals surface area contributed by atoms with Crippen LogP contribution in [0.2, 0.25) is 0 Å². The molecule has 3 aliphatic rings. The summed E-state index contributed by atoms with van der Waals surface area (Å²) in [5.41, 5.74) is 3.81. The van der Waals surface area contributed by atoms with Crippen molar-refractivity contribution >= 4 is 28.5 Å². The molecule has 0 aliphatic carbocycles. The van der Waals surface area contributed by atoms with Crippen LogP contribution in [0.3, 0.4) is 0 Å². The predicted molar refractivity (Wildman–Crippen MR) is 138 cm³/mol. The second-order valence-corrected chi connectivity index (χ2v) is 9.92. The van der Waals surface area contributed by atoms with E-state index < -0.39 is 0 Å². The number of hydrogen-bond donors (Lipinski definition) is 0. The monoisotopic (exact) mass is 482 g/mol. The maximum absolute atomic E-state index is 13.1. The SMILES string of the molecule is O=C(CN1CCN(CCN2C(=O)c3cccc4cccc(c34)C2=O)CC1)N1CCc2ccccc2C1. The van der Waals surface area contributed by atoms with Crippen LogP contribution in [0.1, 0.15) is 31.8 Å². The van der Waals surface area contributed by atoms with Gasteiger partial charge in [0.2, 0.25) is 5.91 Å². The van der Waals surface area contributed by atoms with Crippen LogP contribution in [-0.4, -0.2) is 89.7 Å². The Balaban J connectivity index is 1.01. The van der Waals surface area contributed by atoms with Crippen LogP contribution >= 0.6 is 0 Å². The fourth-order valence-electron chi connectivity index (χ4n) is 5.70. The predicted octanol–water partition coefficient (Wildman–Crippen LogP) is 2.64. The average molecular weight is 483 g/mol. The highest BCUT2D eigenvalue weighted by molar-refractivity contribution is 6.25. The van der Waals surface area contributed by atoms with Gasteiger partial charge >= 0.3 is 0 Å². The van der Waals surface area contributed by atoms with Gasteiger partial charge in [0.1, 0.15) is 0 Å². The van der Waals surface area contributed by atoms with Crippen molar-refractivity contribution in [1.29, 1.82) is 0 Å². The molecule has 0 atom stereocenters. The van der Waals surface area contributed by atoms with E-state index in [1.54, 1.807) is 0 Å². The first-order valence-corrected chi connectivity index (χ1v) is 12.8. The van der Waals surface area contributed by atoms with E-state index in [0.29, 0.717) is 37.3 Å². The molecule has 0 unspecified atom stereocenters. The summed E-state index contributed by atoms with van der Waals surface area (Å²) in [5.74, 6) is -0.233. The molecule has 0 aromatic heterocycles. The van der Waals surface area contributed by atoms with Gasteiger partial charge in [-0.2, -0.15) is 0 Å². The Morgan fingerprint density at radius 1 is 0.694 bits per heavy atom. The molecule has 0 N–H and O–H groups in total. The zero-order valence-corrected chi connectivity index (χ0v) is 20.4. The fourth-order valence-corrected chi connectivity index (χ4v) is 5.70. The normalized spacial score (nSPS) is 18.6. The number of hydrogen-bond acceptors (Lipinski definition) is 5. The number of piperazine rings is 1. The van der Waals surface area contributed by atoms with Gasteiger partial charge in [0.15, 0.2) is 0 Å². The van der Waals surface area contributed by atoms with Crippen LogP contribution in [0.25, 0.3) is 10.8 Å².